The van der Waals surface area contributed by atoms with Crippen molar-refractivity contribution >= 4 is 0 Å². The molecule has 0 aliphatic heterocycles. The lowest BCUT2D eigenvalue weighted by atomic mass is 10.1. The minimum Gasteiger partial charge on any atom is -0.376 e. The largest absolute Gasteiger partial charge is 0.376 e. The molecule has 1 nitrogen and oxygen atoms in total. The molecule has 0 saturated heterocycles. The van der Waals surface area contributed by atoms with Gasteiger partial charge in [-0.25, -0.2) is 0 Å². The smallest absolute Gasteiger partial charge is 0.0576 e. The first-order valence-corrected chi connectivity index (χ1v) is 5.36. The molecule has 0 bridgehead atoms. The van der Waals surface area contributed by atoms with Crippen LogP contribution in [0, 0.1) is 0 Å². The van der Waals surface area contributed by atoms with E-state index in [1.165, 1.54) is 25.7 Å². The summed E-state index contributed by atoms with van der Waals surface area (Å²) in [7, 11) is 0. The van der Waals surface area contributed by atoms with E-state index < -0.39 is 0 Å². The maximum atomic E-state index is 5.75. The lowest BCUT2D eigenvalue weighted by Crippen LogP contribution is -2.16. The van der Waals surface area contributed by atoms with Gasteiger partial charge in [0.1, 0.15) is 0 Å². The molecule has 0 aromatic rings. The quantitative estimate of drug-likeness (QED) is 0.531. The van der Waals surface area contributed by atoms with Gasteiger partial charge in [0, 0.05) is 0 Å². The standard InChI is InChI=1S/C11H24O/c1-5-7-8-9-11(6-2)12-10(3)4/h10-11H,5-9H2,1-4H3. The van der Waals surface area contributed by atoms with Gasteiger partial charge < -0.3 is 4.74 Å². The summed E-state index contributed by atoms with van der Waals surface area (Å²) in [5.41, 5.74) is 0. The van der Waals surface area contributed by atoms with E-state index in [-0.39, 0.29) is 0 Å². The molecule has 0 rings (SSSR count). The van der Waals surface area contributed by atoms with Crippen LogP contribution >= 0.6 is 0 Å². The van der Waals surface area contributed by atoms with E-state index in [4.69, 9.17) is 4.74 Å². The van der Waals surface area contributed by atoms with Crippen molar-refractivity contribution in [1.29, 1.82) is 0 Å². The van der Waals surface area contributed by atoms with Crippen molar-refractivity contribution in [2.45, 2.75) is 72.0 Å². The lowest BCUT2D eigenvalue weighted by Gasteiger charge is -2.18. The van der Waals surface area contributed by atoms with Crippen LogP contribution in [0.25, 0.3) is 0 Å². The summed E-state index contributed by atoms with van der Waals surface area (Å²) in [6, 6.07) is 0. The van der Waals surface area contributed by atoms with Crippen LogP contribution < -0.4 is 0 Å². The number of ether oxygens (including phenoxy) is 1. The van der Waals surface area contributed by atoms with Gasteiger partial charge in [-0.2, -0.15) is 0 Å². The average Bonchev–Trinajstić information content (AvgIpc) is 2.02. The Morgan fingerprint density at radius 1 is 1.08 bits per heavy atom. The van der Waals surface area contributed by atoms with E-state index in [1.54, 1.807) is 0 Å². The van der Waals surface area contributed by atoms with Crippen molar-refractivity contribution < 1.29 is 4.74 Å². The molecule has 0 heterocycles. The predicted octanol–water partition coefficient (Wildman–Crippen LogP) is 3.77. The summed E-state index contributed by atoms with van der Waals surface area (Å²) < 4.78 is 5.75. The van der Waals surface area contributed by atoms with Crippen molar-refractivity contribution in [2.75, 3.05) is 0 Å². The average molecular weight is 172 g/mol. The number of hydrogen-bond donors (Lipinski definition) is 0. The van der Waals surface area contributed by atoms with E-state index in [0.29, 0.717) is 12.2 Å². The van der Waals surface area contributed by atoms with Crippen molar-refractivity contribution in [3.05, 3.63) is 0 Å². The number of rotatable bonds is 7. The molecular formula is C11H24O. The van der Waals surface area contributed by atoms with Gasteiger partial charge in [0.25, 0.3) is 0 Å². The van der Waals surface area contributed by atoms with Crippen LogP contribution in [0.3, 0.4) is 0 Å². The Balaban J connectivity index is 3.39. The Morgan fingerprint density at radius 3 is 2.17 bits per heavy atom. The summed E-state index contributed by atoms with van der Waals surface area (Å²) in [6.45, 7) is 8.67. The molecule has 0 saturated carbocycles. The van der Waals surface area contributed by atoms with Crippen LogP contribution in [0.1, 0.15) is 59.8 Å². The van der Waals surface area contributed by atoms with Crippen LogP contribution in [0.5, 0.6) is 0 Å². The van der Waals surface area contributed by atoms with Crippen LogP contribution in [-0.2, 0) is 4.74 Å². The topological polar surface area (TPSA) is 9.23 Å². The molecule has 1 atom stereocenters. The molecule has 0 fully saturated rings. The molecule has 0 radical (unpaired) electrons. The Bertz CT molecular complexity index is 89.0. The third-order valence-corrected chi connectivity index (χ3v) is 2.05. The monoisotopic (exact) mass is 172 g/mol. The second-order valence-electron chi connectivity index (χ2n) is 3.71. The van der Waals surface area contributed by atoms with Gasteiger partial charge in [0.15, 0.2) is 0 Å². The van der Waals surface area contributed by atoms with Gasteiger partial charge in [-0.1, -0.05) is 33.1 Å². The SMILES string of the molecule is CCCCCC(CC)OC(C)C. The molecule has 0 N–H and O–H groups in total. The van der Waals surface area contributed by atoms with Crippen molar-refractivity contribution in [3.8, 4) is 0 Å². The zero-order valence-corrected chi connectivity index (χ0v) is 9.10. The molecule has 0 aliphatic carbocycles. The first-order valence-electron chi connectivity index (χ1n) is 5.36. The molecule has 0 amide bonds. The van der Waals surface area contributed by atoms with Gasteiger partial charge >= 0.3 is 0 Å². The minimum atomic E-state index is 0.386. The zero-order chi connectivity index (χ0) is 9.40. The van der Waals surface area contributed by atoms with Crippen LogP contribution in [0.15, 0.2) is 0 Å². The highest BCUT2D eigenvalue weighted by molar-refractivity contribution is 4.57. The summed E-state index contributed by atoms with van der Waals surface area (Å²) in [5.74, 6) is 0. The van der Waals surface area contributed by atoms with E-state index in [1.807, 2.05) is 0 Å². The summed E-state index contributed by atoms with van der Waals surface area (Å²) in [4.78, 5) is 0. The van der Waals surface area contributed by atoms with Crippen molar-refractivity contribution in [1.82, 2.24) is 0 Å². The molecule has 74 valence electrons. The molecule has 1 unspecified atom stereocenters. The minimum absolute atomic E-state index is 0.386. The first kappa shape index (κ1) is 12.0. The lowest BCUT2D eigenvalue weighted by molar-refractivity contribution is 0.000114. The van der Waals surface area contributed by atoms with Gasteiger partial charge in [-0.05, 0) is 26.7 Å². The highest BCUT2D eigenvalue weighted by atomic mass is 16.5. The van der Waals surface area contributed by atoms with Crippen LogP contribution in [-0.4, -0.2) is 12.2 Å². The van der Waals surface area contributed by atoms with E-state index in [2.05, 4.69) is 27.7 Å². The fraction of sp³-hybridized carbons (Fsp3) is 1.00. The maximum absolute atomic E-state index is 5.75. The van der Waals surface area contributed by atoms with Crippen molar-refractivity contribution in [3.63, 3.8) is 0 Å². The molecule has 12 heavy (non-hydrogen) atoms. The number of unbranched alkanes of at least 4 members (excludes halogenated alkanes) is 2. The molecule has 1 heteroatoms. The van der Waals surface area contributed by atoms with E-state index >= 15 is 0 Å². The Kier molecular flexibility index (Phi) is 7.58. The van der Waals surface area contributed by atoms with Gasteiger partial charge in [-0.3, -0.25) is 0 Å². The second-order valence-corrected chi connectivity index (χ2v) is 3.71. The first-order chi connectivity index (χ1) is 5.70. The Labute approximate surface area is 77.5 Å². The zero-order valence-electron chi connectivity index (χ0n) is 9.10. The molecule has 0 aromatic heterocycles. The maximum Gasteiger partial charge on any atom is 0.0576 e. The highest BCUT2D eigenvalue weighted by Gasteiger charge is 2.07. The Morgan fingerprint density at radius 2 is 1.75 bits per heavy atom. The fourth-order valence-corrected chi connectivity index (χ4v) is 1.38. The summed E-state index contributed by atoms with van der Waals surface area (Å²) in [5, 5.41) is 0. The normalized spacial score (nSPS) is 13.8. The summed E-state index contributed by atoms with van der Waals surface area (Å²) in [6.07, 6.45) is 7.25. The van der Waals surface area contributed by atoms with Gasteiger partial charge in [0.2, 0.25) is 0 Å². The van der Waals surface area contributed by atoms with Crippen LogP contribution in [0.2, 0.25) is 0 Å². The number of hydrogen-bond acceptors (Lipinski definition) is 1. The predicted molar refractivity (Wildman–Crippen MR) is 54.4 cm³/mol. The third-order valence-electron chi connectivity index (χ3n) is 2.05. The van der Waals surface area contributed by atoms with E-state index in [0.717, 1.165) is 6.42 Å². The van der Waals surface area contributed by atoms with Gasteiger partial charge in [0.05, 0.1) is 12.2 Å². The van der Waals surface area contributed by atoms with Crippen molar-refractivity contribution in [2.24, 2.45) is 0 Å². The third kappa shape index (κ3) is 6.66. The summed E-state index contributed by atoms with van der Waals surface area (Å²) >= 11 is 0. The molecular weight excluding hydrogens is 148 g/mol. The van der Waals surface area contributed by atoms with Gasteiger partial charge in [-0.15, -0.1) is 0 Å². The fourth-order valence-electron chi connectivity index (χ4n) is 1.38. The Hall–Kier alpha value is -0.0400. The molecule has 0 aliphatic rings. The second kappa shape index (κ2) is 7.60. The molecule has 0 spiro atoms. The molecule has 0 aromatic carbocycles. The van der Waals surface area contributed by atoms with Crippen LogP contribution in [0.4, 0.5) is 0 Å². The van der Waals surface area contributed by atoms with E-state index in [9.17, 15) is 0 Å². The highest BCUT2D eigenvalue weighted by Crippen LogP contribution is 2.11.